The summed E-state index contributed by atoms with van der Waals surface area (Å²) < 4.78 is 5.28. The molecule has 27 heavy (non-hydrogen) atoms. The number of amides is 1. The molecule has 1 heterocycles. The second-order valence-electron chi connectivity index (χ2n) is 5.65. The smallest absolute Gasteiger partial charge is 0.322 e. The molecule has 0 atom stereocenters. The largest absolute Gasteiger partial charge is 0.497 e. The molecule has 0 saturated heterocycles. The Morgan fingerprint density at radius 1 is 1.19 bits per heavy atom. The first kappa shape index (κ1) is 17.9. The fourth-order valence-corrected chi connectivity index (χ4v) is 2.81. The third-order valence-electron chi connectivity index (χ3n) is 4.00. The Morgan fingerprint density at radius 2 is 1.93 bits per heavy atom. The molecular formula is C20H15N3O4. The lowest BCUT2D eigenvalue weighted by Gasteiger charge is -2.13. The summed E-state index contributed by atoms with van der Waals surface area (Å²) >= 11 is 0. The number of carbonyl (C=O) groups excluding carboxylic acids is 1. The minimum Gasteiger partial charge on any atom is -0.497 e. The van der Waals surface area contributed by atoms with Crippen molar-refractivity contribution >= 4 is 22.6 Å². The fraction of sp³-hybridized carbons (Fsp3) is 0.100. The van der Waals surface area contributed by atoms with Crippen LogP contribution in [-0.4, -0.2) is 35.6 Å². The Bertz CT molecular complexity index is 1070. The number of methoxy groups -OCH3 is 1. The lowest BCUT2D eigenvalue weighted by molar-refractivity contribution is -0.135. The minimum absolute atomic E-state index is 0.00914. The highest BCUT2D eigenvalue weighted by atomic mass is 16.5. The number of carbonyl (C=O) groups is 2. The number of fused-ring (bicyclic) bond motifs is 1. The molecule has 0 fully saturated rings. The van der Waals surface area contributed by atoms with Crippen LogP contribution in [0.15, 0.2) is 48.5 Å². The number of carboxylic acid groups (broad SMARTS) is 1. The maximum absolute atomic E-state index is 12.5. The van der Waals surface area contributed by atoms with E-state index in [0.717, 1.165) is 5.56 Å². The number of carboxylic acids is 1. The summed E-state index contributed by atoms with van der Waals surface area (Å²) in [6.45, 7) is -0.541. The zero-order chi connectivity index (χ0) is 19.4. The van der Waals surface area contributed by atoms with E-state index < -0.39 is 18.4 Å². The van der Waals surface area contributed by atoms with Gasteiger partial charge in [-0.2, -0.15) is 5.26 Å². The minimum atomic E-state index is -1.17. The van der Waals surface area contributed by atoms with E-state index in [-0.39, 0.29) is 11.4 Å². The first-order chi connectivity index (χ1) is 13.0. The Hall–Kier alpha value is -3.92. The van der Waals surface area contributed by atoms with E-state index in [9.17, 15) is 14.9 Å². The quantitative estimate of drug-likeness (QED) is 0.722. The SMILES string of the molecule is COc1ccc2c(C(=O)NCC(=O)O)nc(C#N)c(-c3ccccc3)c2c1. The van der Waals surface area contributed by atoms with E-state index >= 15 is 0 Å². The van der Waals surface area contributed by atoms with Crippen molar-refractivity contribution in [2.24, 2.45) is 0 Å². The monoisotopic (exact) mass is 361 g/mol. The molecule has 1 aromatic heterocycles. The van der Waals surface area contributed by atoms with Crippen molar-refractivity contribution in [3.8, 4) is 22.9 Å². The van der Waals surface area contributed by atoms with Gasteiger partial charge >= 0.3 is 5.97 Å². The molecule has 2 aromatic carbocycles. The molecule has 0 spiro atoms. The van der Waals surface area contributed by atoms with Crippen molar-refractivity contribution in [3.63, 3.8) is 0 Å². The van der Waals surface area contributed by atoms with E-state index in [4.69, 9.17) is 9.84 Å². The van der Waals surface area contributed by atoms with Crippen LogP contribution in [0.5, 0.6) is 5.75 Å². The highest BCUT2D eigenvalue weighted by Crippen LogP contribution is 2.34. The molecule has 3 aromatic rings. The van der Waals surface area contributed by atoms with Crippen molar-refractivity contribution < 1.29 is 19.4 Å². The van der Waals surface area contributed by atoms with Crippen LogP contribution in [0.1, 0.15) is 16.2 Å². The predicted octanol–water partition coefficient (Wildman–Crippen LogP) is 2.60. The van der Waals surface area contributed by atoms with Gasteiger partial charge in [-0.25, -0.2) is 4.98 Å². The summed E-state index contributed by atoms with van der Waals surface area (Å²) in [5.41, 5.74) is 1.42. The summed E-state index contributed by atoms with van der Waals surface area (Å²) in [4.78, 5) is 27.4. The summed E-state index contributed by atoms with van der Waals surface area (Å²) in [6, 6.07) is 16.4. The molecular weight excluding hydrogens is 346 g/mol. The molecule has 0 aliphatic carbocycles. The molecule has 2 N–H and O–H groups in total. The number of nitriles is 1. The highest BCUT2D eigenvalue weighted by Gasteiger charge is 2.20. The first-order valence-electron chi connectivity index (χ1n) is 8.02. The van der Waals surface area contributed by atoms with Crippen molar-refractivity contribution in [1.29, 1.82) is 5.26 Å². The van der Waals surface area contributed by atoms with E-state index in [1.807, 2.05) is 36.4 Å². The topological polar surface area (TPSA) is 112 Å². The molecule has 7 heteroatoms. The first-order valence-corrected chi connectivity index (χ1v) is 8.02. The molecule has 0 bridgehead atoms. The highest BCUT2D eigenvalue weighted by molar-refractivity contribution is 6.11. The molecule has 0 saturated carbocycles. The van der Waals surface area contributed by atoms with Gasteiger partial charge in [0.05, 0.1) is 7.11 Å². The van der Waals surface area contributed by atoms with Crippen molar-refractivity contribution in [1.82, 2.24) is 10.3 Å². The standard InChI is InChI=1S/C20H15N3O4/c1-27-13-7-8-14-15(9-13)18(12-5-3-2-4-6-12)16(10-21)23-19(14)20(26)22-11-17(24)25/h2-9H,11H2,1H3,(H,22,26)(H,24,25). The lowest BCUT2D eigenvalue weighted by Crippen LogP contribution is -2.30. The van der Waals surface area contributed by atoms with E-state index in [1.54, 1.807) is 18.2 Å². The average Bonchev–Trinajstić information content (AvgIpc) is 2.70. The molecule has 0 unspecified atom stereocenters. The Morgan fingerprint density at radius 3 is 2.56 bits per heavy atom. The van der Waals surface area contributed by atoms with Crippen LogP contribution in [0, 0.1) is 11.3 Å². The number of rotatable bonds is 5. The van der Waals surface area contributed by atoms with Gasteiger partial charge in [-0.15, -0.1) is 0 Å². The van der Waals surface area contributed by atoms with Crippen LogP contribution >= 0.6 is 0 Å². The summed E-state index contributed by atoms with van der Waals surface area (Å²) in [5.74, 6) is -1.27. The van der Waals surface area contributed by atoms with Crippen LogP contribution in [-0.2, 0) is 4.79 Å². The van der Waals surface area contributed by atoms with Crippen LogP contribution in [0.2, 0.25) is 0 Å². The number of nitrogens with zero attached hydrogens (tertiary/aromatic N) is 2. The van der Waals surface area contributed by atoms with E-state index in [0.29, 0.717) is 22.1 Å². The van der Waals surface area contributed by atoms with Gasteiger partial charge in [-0.05, 0) is 29.1 Å². The molecule has 3 rings (SSSR count). The third kappa shape index (κ3) is 3.55. The van der Waals surface area contributed by atoms with Gasteiger partial charge in [0.15, 0.2) is 0 Å². The van der Waals surface area contributed by atoms with Gasteiger partial charge in [0.1, 0.15) is 29.8 Å². The number of nitrogens with one attached hydrogen (secondary N) is 1. The Labute approximate surface area is 154 Å². The van der Waals surface area contributed by atoms with E-state index in [2.05, 4.69) is 10.3 Å². The zero-order valence-electron chi connectivity index (χ0n) is 14.4. The number of aromatic nitrogens is 1. The number of hydrogen-bond donors (Lipinski definition) is 2. The van der Waals surface area contributed by atoms with Gasteiger partial charge < -0.3 is 15.2 Å². The zero-order valence-corrected chi connectivity index (χ0v) is 14.4. The number of hydrogen-bond acceptors (Lipinski definition) is 5. The van der Waals surface area contributed by atoms with Gasteiger partial charge in [0.25, 0.3) is 5.91 Å². The van der Waals surface area contributed by atoms with Gasteiger partial charge in [0.2, 0.25) is 0 Å². The molecule has 0 radical (unpaired) electrons. The summed E-state index contributed by atoms with van der Waals surface area (Å²) in [6.07, 6.45) is 0. The second kappa shape index (κ2) is 7.54. The normalized spacial score (nSPS) is 10.2. The predicted molar refractivity (Wildman–Crippen MR) is 98.4 cm³/mol. The van der Waals surface area contributed by atoms with E-state index in [1.165, 1.54) is 7.11 Å². The number of benzene rings is 2. The fourth-order valence-electron chi connectivity index (χ4n) is 2.81. The molecule has 1 amide bonds. The maximum Gasteiger partial charge on any atom is 0.322 e. The van der Waals surface area contributed by atoms with Gasteiger partial charge in [-0.3, -0.25) is 9.59 Å². The molecule has 0 aliphatic heterocycles. The lowest BCUT2D eigenvalue weighted by atomic mass is 9.95. The number of ether oxygens (including phenoxy) is 1. The molecule has 134 valence electrons. The average molecular weight is 361 g/mol. The summed E-state index contributed by atoms with van der Waals surface area (Å²) in [5, 5.41) is 21.8. The Balaban J connectivity index is 2.30. The van der Waals surface area contributed by atoms with Gasteiger partial charge in [0, 0.05) is 10.9 Å². The van der Waals surface area contributed by atoms with Crippen LogP contribution < -0.4 is 10.1 Å². The summed E-state index contributed by atoms with van der Waals surface area (Å²) in [7, 11) is 1.52. The molecule has 0 aliphatic rings. The Kier molecular flexibility index (Phi) is 4.99. The maximum atomic E-state index is 12.5. The van der Waals surface area contributed by atoms with Crippen molar-refractivity contribution in [3.05, 3.63) is 59.9 Å². The number of aliphatic carboxylic acids is 1. The number of pyridine rings is 1. The van der Waals surface area contributed by atoms with Crippen LogP contribution in [0.25, 0.3) is 21.9 Å². The van der Waals surface area contributed by atoms with Crippen LogP contribution in [0.4, 0.5) is 0 Å². The third-order valence-corrected chi connectivity index (χ3v) is 4.00. The van der Waals surface area contributed by atoms with Gasteiger partial charge in [-0.1, -0.05) is 30.3 Å². The van der Waals surface area contributed by atoms with Crippen LogP contribution in [0.3, 0.4) is 0 Å². The second-order valence-corrected chi connectivity index (χ2v) is 5.65. The van der Waals surface area contributed by atoms with Crippen molar-refractivity contribution in [2.75, 3.05) is 13.7 Å². The van der Waals surface area contributed by atoms with Crippen molar-refractivity contribution in [2.45, 2.75) is 0 Å². The molecule has 7 nitrogen and oxygen atoms in total.